The van der Waals surface area contributed by atoms with Gasteiger partial charge in [0, 0.05) is 5.56 Å². The van der Waals surface area contributed by atoms with Crippen LogP contribution in [0.4, 0.5) is 13.2 Å². The van der Waals surface area contributed by atoms with Crippen molar-refractivity contribution in [3.63, 3.8) is 0 Å². The Morgan fingerprint density at radius 1 is 1.24 bits per heavy atom. The van der Waals surface area contributed by atoms with Crippen molar-refractivity contribution in [3.8, 4) is 5.75 Å². The third-order valence-electron chi connectivity index (χ3n) is 2.82. The second-order valence-electron chi connectivity index (χ2n) is 4.41. The SMILES string of the molecule is CC(C)C1=Cc2ccc(C(F)(F)F)cc2OC1. The van der Waals surface area contributed by atoms with Gasteiger partial charge >= 0.3 is 6.18 Å². The molecule has 1 aliphatic heterocycles. The molecule has 0 fully saturated rings. The summed E-state index contributed by atoms with van der Waals surface area (Å²) in [6.07, 6.45) is -2.41. The minimum absolute atomic E-state index is 0.309. The number of benzene rings is 1. The van der Waals surface area contributed by atoms with Crippen molar-refractivity contribution in [2.24, 2.45) is 5.92 Å². The fourth-order valence-electron chi connectivity index (χ4n) is 1.69. The number of alkyl halides is 3. The van der Waals surface area contributed by atoms with Gasteiger partial charge in [0.1, 0.15) is 12.4 Å². The first-order chi connectivity index (χ1) is 7.88. The summed E-state index contributed by atoms with van der Waals surface area (Å²) in [5.74, 6) is 0.648. The highest BCUT2D eigenvalue weighted by molar-refractivity contribution is 5.63. The first-order valence-electron chi connectivity index (χ1n) is 5.42. The third-order valence-corrected chi connectivity index (χ3v) is 2.82. The summed E-state index contributed by atoms with van der Waals surface area (Å²) in [6, 6.07) is 3.60. The smallest absolute Gasteiger partial charge is 0.416 e. The van der Waals surface area contributed by atoms with Crippen molar-refractivity contribution in [1.29, 1.82) is 0 Å². The van der Waals surface area contributed by atoms with E-state index in [1.165, 1.54) is 6.07 Å². The molecular weight excluding hydrogens is 229 g/mol. The van der Waals surface area contributed by atoms with Crippen LogP contribution in [0.2, 0.25) is 0 Å². The number of hydrogen-bond acceptors (Lipinski definition) is 1. The lowest BCUT2D eigenvalue weighted by Crippen LogP contribution is -2.13. The van der Waals surface area contributed by atoms with E-state index in [0.29, 0.717) is 23.8 Å². The molecule has 0 spiro atoms. The molecule has 1 heterocycles. The van der Waals surface area contributed by atoms with Crippen LogP contribution < -0.4 is 4.74 Å². The van der Waals surface area contributed by atoms with Crippen LogP contribution in [0.3, 0.4) is 0 Å². The first kappa shape index (κ1) is 12.0. The van der Waals surface area contributed by atoms with Crippen LogP contribution in [0.25, 0.3) is 6.08 Å². The Morgan fingerprint density at radius 3 is 2.53 bits per heavy atom. The van der Waals surface area contributed by atoms with Crippen molar-refractivity contribution in [1.82, 2.24) is 0 Å². The summed E-state index contributed by atoms with van der Waals surface area (Å²) in [7, 11) is 0. The van der Waals surface area contributed by atoms with Crippen molar-refractivity contribution < 1.29 is 17.9 Å². The van der Waals surface area contributed by atoms with E-state index in [4.69, 9.17) is 4.74 Å². The monoisotopic (exact) mass is 242 g/mol. The number of hydrogen-bond donors (Lipinski definition) is 0. The molecule has 1 aromatic carbocycles. The topological polar surface area (TPSA) is 9.23 Å². The molecule has 0 saturated carbocycles. The molecule has 0 aliphatic carbocycles. The summed E-state index contributed by atoms with van der Waals surface area (Å²) in [6.45, 7) is 4.43. The van der Waals surface area contributed by atoms with E-state index in [1.807, 2.05) is 19.9 Å². The Hall–Kier alpha value is -1.45. The van der Waals surface area contributed by atoms with Gasteiger partial charge in [0.15, 0.2) is 0 Å². The molecule has 0 bridgehead atoms. The number of rotatable bonds is 1. The summed E-state index contributed by atoms with van der Waals surface area (Å²) < 4.78 is 42.8. The average molecular weight is 242 g/mol. The maximum absolute atomic E-state index is 12.5. The second kappa shape index (κ2) is 4.09. The van der Waals surface area contributed by atoms with E-state index in [-0.39, 0.29) is 0 Å². The highest BCUT2D eigenvalue weighted by atomic mass is 19.4. The van der Waals surface area contributed by atoms with Gasteiger partial charge in [-0.05, 0) is 29.7 Å². The van der Waals surface area contributed by atoms with Crippen molar-refractivity contribution in [2.45, 2.75) is 20.0 Å². The predicted molar refractivity (Wildman–Crippen MR) is 59.8 cm³/mol. The molecule has 2 rings (SSSR count). The lowest BCUT2D eigenvalue weighted by Gasteiger charge is -2.21. The van der Waals surface area contributed by atoms with Crippen LogP contribution in [0.15, 0.2) is 23.8 Å². The van der Waals surface area contributed by atoms with Gasteiger partial charge in [-0.15, -0.1) is 0 Å². The van der Waals surface area contributed by atoms with E-state index in [1.54, 1.807) is 0 Å². The van der Waals surface area contributed by atoms with E-state index < -0.39 is 11.7 Å². The number of halogens is 3. The minimum atomic E-state index is -4.32. The molecular formula is C13H13F3O. The van der Waals surface area contributed by atoms with Gasteiger partial charge < -0.3 is 4.74 Å². The van der Waals surface area contributed by atoms with Gasteiger partial charge in [-0.3, -0.25) is 0 Å². The minimum Gasteiger partial charge on any atom is -0.489 e. The van der Waals surface area contributed by atoms with E-state index >= 15 is 0 Å². The fourth-order valence-corrected chi connectivity index (χ4v) is 1.69. The van der Waals surface area contributed by atoms with Crippen LogP contribution in [-0.2, 0) is 6.18 Å². The Kier molecular flexibility index (Phi) is 2.89. The van der Waals surface area contributed by atoms with E-state index in [2.05, 4.69) is 0 Å². The molecule has 0 radical (unpaired) electrons. The first-order valence-corrected chi connectivity index (χ1v) is 5.42. The zero-order valence-corrected chi connectivity index (χ0v) is 9.64. The molecule has 1 aromatic rings. The summed E-state index contributed by atoms with van der Waals surface area (Å²) >= 11 is 0. The number of fused-ring (bicyclic) bond motifs is 1. The molecule has 0 amide bonds. The molecule has 1 aliphatic rings. The average Bonchev–Trinajstić information content (AvgIpc) is 2.26. The lowest BCUT2D eigenvalue weighted by atomic mass is 9.98. The zero-order valence-electron chi connectivity index (χ0n) is 9.64. The number of ether oxygens (including phenoxy) is 1. The van der Waals surface area contributed by atoms with Crippen LogP contribution in [0.1, 0.15) is 25.0 Å². The van der Waals surface area contributed by atoms with E-state index in [0.717, 1.165) is 17.7 Å². The molecule has 0 saturated heterocycles. The largest absolute Gasteiger partial charge is 0.489 e. The van der Waals surface area contributed by atoms with Crippen molar-refractivity contribution >= 4 is 6.08 Å². The lowest BCUT2D eigenvalue weighted by molar-refractivity contribution is -0.137. The van der Waals surface area contributed by atoms with Crippen LogP contribution in [0, 0.1) is 5.92 Å². The standard InChI is InChI=1S/C13H13F3O/c1-8(2)10-5-9-3-4-11(13(14,15)16)6-12(9)17-7-10/h3-6,8H,7H2,1-2H3. The zero-order chi connectivity index (χ0) is 12.6. The fraction of sp³-hybridized carbons (Fsp3) is 0.385. The molecule has 0 unspecified atom stereocenters. The van der Waals surface area contributed by atoms with Gasteiger partial charge in [0.05, 0.1) is 5.56 Å². The molecule has 17 heavy (non-hydrogen) atoms. The molecule has 4 heteroatoms. The predicted octanol–water partition coefficient (Wildman–Crippen LogP) is 4.14. The normalized spacial score (nSPS) is 15.3. The summed E-state index contributed by atoms with van der Waals surface area (Å²) in [5, 5.41) is 0. The highest BCUT2D eigenvalue weighted by Crippen LogP contribution is 2.36. The van der Waals surface area contributed by atoms with Gasteiger partial charge in [0.25, 0.3) is 0 Å². The Bertz CT molecular complexity index is 458. The highest BCUT2D eigenvalue weighted by Gasteiger charge is 2.31. The van der Waals surface area contributed by atoms with Crippen LogP contribution in [0.5, 0.6) is 5.75 Å². The molecule has 0 aromatic heterocycles. The Balaban J connectivity index is 2.38. The summed E-state index contributed by atoms with van der Waals surface area (Å²) in [4.78, 5) is 0. The molecule has 92 valence electrons. The van der Waals surface area contributed by atoms with Crippen molar-refractivity contribution in [2.75, 3.05) is 6.61 Å². The molecule has 0 N–H and O–H groups in total. The quantitative estimate of drug-likeness (QED) is 0.719. The molecule has 1 nitrogen and oxygen atoms in total. The Morgan fingerprint density at radius 2 is 1.94 bits per heavy atom. The van der Waals surface area contributed by atoms with Crippen LogP contribution in [-0.4, -0.2) is 6.61 Å². The Labute approximate surface area is 97.9 Å². The second-order valence-corrected chi connectivity index (χ2v) is 4.41. The van der Waals surface area contributed by atoms with Crippen LogP contribution >= 0.6 is 0 Å². The van der Waals surface area contributed by atoms with Gasteiger partial charge in [-0.2, -0.15) is 13.2 Å². The van der Waals surface area contributed by atoms with E-state index in [9.17, 15) is 13.2 Å². The maximum atomic E-state index is 12.5. The third kappa shape index (κ3) is 2.46. The molecule has 0 atom stereocenters. The maximum Gasteiger partial charge on any atom is 0.416 e. The van der Waals surface area contributed by atoms with Gasteiger partial charge in [-0.25, -0.2) is 0 Å². The summed E-state index contributed by atoms with van der Waals surface area (Å²) in [5.41, 5.74) is 1.14. The van der Waals surface area contributed by atoms with Gasteiger partial charge in [0.2, 0.25) is 0 Å². The van der Waals surface area contributed by atoms with Gasteiger partial charge in [-0.1, -0.05) is 19.9 Å². The van der Waals surface area contributed by atoms with Crippen molar-refractivity contribution in [3.05, 3.63) is 34.9 Å².